The lowest BCUT2D eigenvalue weighted by molar-refractivity contribution is -0.0543. The molecule has 0 radical (unpaired) electrons. The van der Waals surface area contributed by atoms with Gasteiger partial charge in [-0.2, -0.15) is 0 Å². The summed E-state index contributed by atoms with van der Waals surface area (Å²) in [6.07, 6.45) is 5.15. The summed E-state index contributed by atoms with van der Waals surface area (Å²) in [6.45, 7) is 8.37. The third-order valence-electron chi connectivity index (χ3n) is 3.69. The van der Waals surface area contributed by atoms with E-state index < -0.39 is 0 Å². The van der Waals surface area contributed by atoms with E-state index in [2.05, 4.69) is 19.2 Å². The second-order valence-electron chi connectivity index (χ2n) is 5.76. The molecule has 0 saturated carbocycles. The molecular weight excluding hydrogens is 202 g/mol. The lowest BCUT2D eigenvalue weighted by Gasteiger charge is -2.19. The molecule has 0 aromatic rings. The number of hydrogen-bond donors (Lipinski definition) is 1. The highest BCUT2D eigenvalue weighted by molar-refractivity contribution is 4.80. The summed E-state index contributed by atoms with van der Waals surface area (Å²) in [5.74, 6) is 0.834. The number of ether oxygens (including phenoxy) is 2. The van der Waals surface area contributed by atoms with Crippen molar-refractivity contribution in [2.24, 2.45) is 5.92 Å². The predicted molar refractivity (Wildman–Crippen MR) is 64.6 cm³/mol. The van der Waals surface area contributed by atoms with Crippen LogP contribution in [0.4, 0.5) is 0 Å². The Morgan fingerprint density at radius 2 is 2.25 bits per heavy atom. The van der Waals surface area contributed by atoms with Gasteiger partial charge in [0.05, 0.1) is 18.3 Å². The highest BCUT2D eigenvalue weighted by Gasteiger charge is 2.31. The second-order valence-corrected chi connectivity index (χ2v) is 5.76. The van der Waals surface area contributed by atoms with E-state index in [4.69, 9.17) is 9.47 Å². The van der Waals surface area contributed by atoms with Crippen molar-refractivity contribution in [3.8, 4) is 0 Å². The molecule has 2 unspecified atom stereocenters. The van der Waals surface area contributed by atoms with Gasteiger partial charge in [-0.15, -0.1) is 0 Å². The van der Waals surface area contributed by atoms with Gasteiger partial charge in [0.1, 0.15) is 0 Å². The molecule has 2 heterocycles. The zero-order valence-corrected chi connectivity index (χ0v) is 10.6. The van der Waals surface area contributed by atoms with Gasteiger partial charge in [0.25, 0.3) is 0 Å². The van der Waals surface area contributed by atoms with E-state index in [0.29, 0.717) is 6.10 Å². The Labute approximate surface area is 98.9 Å². The smallest absolute Gasteiger partial charge is 0.0816 e. The van der Waals surface area contributed by atoms with E-state index in [1.165, 1.54) is 25.9 Å². The Morgan fingerprint density at radius 3 is 2.88 bits per heavy atom. The maximum atomic E-state index is 5.88. The van der Waals surface area contributed by atoms with Crippen molar-refractivity contribution in [1.82, 2.24) is 5.32 Å². The quantitative estimate of drug-likeness (QED) is 0.728. The maximum Gasteiger partial charge on any atom is 0.0816 e. The van der Waals surface area contributed by atoms with Crippen molar-refractivity contribution < 1.29 is 9.47 Å². The molecule has 0 aromatic heterocycles. The Bertz CT molecular complexity index is 212. The molecule has 2 atom stereocenters. The molecule has 2 aliphatic heterocycles. The first-order chi connectivity index (χ1) is 7.66. The van der Waals surface area contributed by atoms with Crippen LogP contribution >= 0.6 is 0 Å². The molecule has 0 spiro atoms. The summed E-state index contributed by atoms with van der Waals surface area (Å²) in [5.41, 5.74) is 0.0728. The first-order valence-electron chi connectivity index (χ1n) is 6.62. The minimum atomic E-state index is 0.0728. The van der Waals surface area contributed by atoms with Crippen LogP contribution < -0.4 is 5.32 Å². The van der Waals surface area contributed by atoms with Crippen LogP contribution in [0.15, 0.2) is 0 Å². The Balaban J connectivity index is 1.51. The summed E-state index contributed by atoms with van der Waals surface area (Å²) >= 11 is 0. The Kier molecular flexibility index (Phi) is 4.22. The summed E-state index contributed by atoms with van der Waals surface area (Å²) in [6, 6.07) is 0. The lowest BCUT2D eigenvalue weighted by atomic mass is 10.1. The molecule has 0 amide bonds. The van der Waals surface area contributed by atoms with Gasteiger partial charge in [-0.1, -0.05) is 0 Å². The summed E-state index contributed by atoms with van der Waals surface area (Å²) in [4.78, 5) is 0. The Hall–Kier alpha value is -0.120. The van der Waals surface area contributed by atoms with Crippen LogP contribution in [0.2, 0.25) is 0 Å². The molecular formula is C13H25NO2. The van der Waals surface area contributed by atoms with Crippen LogP contribution in [0.5, 0.6) is 0 Å². The van der Waals surface area contributed by atoms with Crippen LogP contribution in [-0.4, -0.2) is 38.0 Å². The molecule has 2 saturated heterocycles. The van der Waals surface area contributed by atoms with Crippen LogP contribution in [0.1, 0.15) is 39.5 Å². The second kappa shape index (κ2) is 5.48. The van der Waals surface area contributed by atoms with Crippen LogP contribution in [-0.2, 0) is 9.47 Å². The molecule has 94 valence electrons. The summed E-state index contributed by atoms with van der Waals surface area (Å²) < 4.78 is 11.6. The molecule has 2 fully saturated rings. The molecule has 0 aliphatic carbocycles. The molecule has 3 heteroatoms. The molecule has 16 heavy (non-hydrogen) atoms. The number of rotatable bonds is 5. The van der Waals surface area contributed by atoms with E-state index in [9.17, 15) is 0 Å². The first kappa shape index (κ1) is 12.3. The highest BCUT2D eigenvalue weighted by atomic mass is 16.5. The Morgan fingerprint density at radius 1 is 1.38 bits per heavy atom. The molecule has 1 N–H and O–H groups in total. The monoisotopic (exact) mass is 227 g/mol. The van der Waals surface area contributed by atoms with Crippen LogP contribution in [0.3, 0.4) is 0 Å². The van der Waals surface area contributed by atoms with Crippen molar-refractivity contribution in [2.45, 2.75) is 51.2 Å². The van der Waals surface area contributed by atoms with E-state index in [-0.39, 0.29) is 5.60 Å². The minimum Gasteiger partial charge on any atom is -0.379 e. The largest absolute Gasteiger partial charge is 0.379 e. The zero-order chi connectivity index (χ0) is 11.4. The lowest BCUT2D eigenvalue weighted by Crippen LogP contribution is -2.23. The van der Waals surface area contributed by atoms with Gasteiger partial charge in [-0.05, 0) is 58.5 Å². The molecule has 2 aliphatic rings. The average molecular weight is 227 g/mol. The molecule has 0 aromatic carbocycles. The van der Waals surface area contributed by atoms with Crippen molar-refractivity contribution in [1.29, 1.82) is 0 Å². The predicted octanol–water partition coefficient (Wildman–Crippen LogP) is 1.96. The minimum absolute atomic E-state index is 0.0728. The fourth-order valence-electron chi connectivity index (χ4n) is 2.62. The standard InChI is InChI=1S/C13H25NO2/c1-13(2)6-3-12(16-13)10-15-8-5-11-4-7-14-9-11/h11-12,14H,3-10H2,1-2H3. The van der Waals surface area contributed by atoms with E-state index in [1.54, 1.807) is 0 Å². The van der Waals surface area contributed by atoms with Gasteiger partial charge in [-0.25, -0.2) is 0 Å². The first-order valence-corrected chi connectivity index (χ1v) is 6.62. The van der Waals surface area contributed by atoms with Gasteiger partial charge >= 0.3 is 0 Å². The number of nitrogens with one attached hydrogen (secondary N) is 1. The maximum absolute atomic E-state index is 5.88. The summed E-state index contributed by atoms with van der Waals surface area (Å²) in [7, 11) is 0. The van der Waals surface area contributed by atoms with Crippen LogP contribution in [0, 0.1) is 5.92 Å². The van der Waals surface area contributed by atoms with E-state index in [0.717, 1.165) is 32.0 Å². The van der Waals surface area contributed by atoms with Crippen molar-refractivity contribution in [3.63, 3.8) is 0 Å². The van der Waals surface area contributed by atoms with E-state index >= 15 is 0 Å². The average Bonchev–Trinajstić information content (AvgIpc) is 2.82. The third kappa shape index (κ3) is 3.72. The third-order valence-corrected chi connectivity index (χ3v) is 3.69. The van der Waals surface area contributed by atoms with Gasteiger partial charge in [0, 0.05) is 6.61 Å². The van der Waals surface area contributed by atoms with E-state index in [1.807, 2.05) is 0 Å². The fraction of sp³-hybridized carbons (Fsp3) is 1.00. The van der Waals surface area contributed by atoms with Crippen molar-refractivity contribution in [3.05, 3.63) is 0 Å². The molecule has 0 bridgehead atoms. The zero-order valence-electron chi connectivity index (χ0n) is 10.6. The van der Waals surface area contributed by atoms with Gasteiger partial charge in [0.2, 0.25) is 0 Å². The molecule has 3 nitrogen and oxygen atoms in total. The highest BCUT2D eigenvalue weighted by Crippen LogP contribution is 2.29. The van der Waals surface area contributed by atoms with Gasteiger partial charge in [-0.3, -0.25) is 0 Å². The van der Waals surface area contributed by atoms with Crippen molar-refractivity contribution >= 4 is 0 Å². The van der Waals surface area contributed by atoms with Crippen molar-refractivity contribution in [2.75, 3.05) is 26.3 Å². The normalized spacial score (nSPS) is 33.4. The van der Waals surface area contributed by atoms with Gasteiger partial charge in [0.15, 0.2) is 0 Å². The molecule has 2 rings (SSSR count). The topological polar surface area (TPSA) is 30.5 Å². The SMILES string of the molecule is CC1(C)CCC(COCCC2CCNC2)O1. The number of hydrogen-bond acceptors (Lipinski definition) is 3. The van der Waals surface area contributed by atoms with Crippen LogP contribution in [0.25, 0.3) is 0 Å². The summed E-state index contributed by atoms with van der Waals surface area (Å²) in [5, 5.41) is 3.38. The van der Waals surface area contributed by atoms with Gasteiger partial charge < -0.3 is 14.8 Å². The fourth-order valence-corrected chi connectivity index (χ4v) is 2.62.